The third-order valence-electron chi connectivity index (χ3n) is 7.79. The molecule has 3 aromatic rings. The van der Waals surface area contributed by atoms with Crippen LogP contribution in [0, 0.1) is 10.1 Å². The van der Waals surface area contributed by atoms with E-state index in [2.05, 4.69) is 126 Å². The Labute approximate surface area is 296 Å². The summed E-state index contributed by atoms with van der Waals surface area (Å²) in [5, 5.41) is 21.0. The molecule has 0 bridgehead atoms. The topological polar surface area (TPSA) is 91.1 Å². The highest BCUT2D eigenvalue weighted by molar-refractivity contribution is 8.18. The van der Waals surface area contributed by atoms with Crippen LogP contribution in [0.3, 0.4) is 0 Å². The second-order valence-electron chi connectivity index (χ2n) is 16.9. The van der Waals surface area contributed by atoms with E-state index >= 15 is 0 Å². The summed E-state index contributed by atoms with van der Waals surface area (Å²) in [5.74, 6) is 1.82. The highest BCUT2D eigenvalue weighted by Crippen LogP contribution is 2.51. The Hall–Kier alpha value is -3.04. The van der Waals surface area contributed by atoms with Gasteiger partial charge in [-0.25, -0.2) is 0 Å². The predicted molar refractivity (Wildman–Crippen MR) is 199 cm³/mol. The van der Waals surface area contributed by atoms with Crippen molar-refractivity contribution in [2.24, 2.45) is 0 Å². The maximum Gasteiger partial charge on any atom is 0.294 e. The first-order valence-electron chi connectivity index (χ1n) is 16.3. The zero-order valence-electron chi connectivity index (χ0n) is 31.3. The summed E-state index contributed by atoms with van der Waals surface area (Å²) in [5.41, 5.74) is 4.00. The number of benzene rings is 3. The Morgan fingerprint density at radius 1 is 0.646 bits per heavy atom. The van der Waals surface area contributed by atoms with Gasteiger partial charge in [-0.15, -0.1) is 33.6 Å². The first kappa shape index (κ1) is 39.4. The van der Waals surface area contributed by atoms with E-state index in [0.29, 0.717) is 17.1 Å². The lowest BCUT2D eigenvalue weighted by Crippen LogP contribution is -2.22. The second-order valence-corrected chi connectivity index (χ2v) is 20.5. The van der Waals surface area contributed by atoms with Crippen molar-refractivity contribution in [3.63, 3.8) is 0 Å². The lowest BCUT2D eigenvalue weighted by Gasteiger charge is -2.32. The van der Waals surface area contributed by atoms with E-state index in [4.69, 9.17) is 9.47 Å². The molecule has 0 saturated heterocycles. The molecular weight excluding hydrogens is 643 g/mol. The number of phenolic OH excluding ortho intramolecular Hbond substituents is 1. The highest BCUT2D eigenvalue weighted by Gasteiger charge is 2.32. The van der Waals surface area contributed by atoms with Gasteiger partial charge in [0.05, 0.1) is 4.08 Å². The molecule has 0 aromatic heterocycles. The summed E-state index contributed by atoms with van der Waals surface area (Å²) < 4.78 is 12.2. The Balaban J connectivity index is 1.94. The van der Waals surface area contributed by atoms with Crippen molar-refractivity contribution in [1.29, 1.82) is 0 Å². The van der Waals surface area contributed by atoms with Gasteiger partial charge in [0.15, 0.2) is 0 Å². The number of aromatic hydroxyl groups is 1. The number of phenols is 1. The fourth-order valence-electron chi connectivity index (χ4n) is 5.30. The maximum absolute atomic E-state index is 11.3. The lowest BCUT2D eigenvalue weighted by molar-refractivity contribution is -0.763. The van der Waals surface area contributed by atoms with E-state index in [9.17, 15) is 15.2 Å². The average molecular weight is 698 g/mol. The molecule has 0 aliphatic heterocycles. The summed E-state index contributed by atoms with van der Waals surface area (Å²) in [6.45, 7) is 30.5. The fourth-order valence-corrected chi connectivity index (χ4v) is 7.88. The molecule has 0 saturated carbocycles. The number of thioether (sulfide) groups is 2. The van der Waals surface area contributed by atoms with Gasteiger partial charge in [-0.1, -0.05) is 95.2 Å². The molecule has 0 aliphatic carbocycles. The summed E-state index contributed by atoms with van der Waals surface area (Å²) in [6, 6.07) is 15.8. The van der Waals surface area contributed by atoms with Crippen LogP contribution in [0.2, 0.25) is 0 Å². The van der Waals surface area contributed by atoms with Crippen LogP contribution in [0.5, 0.6) is 17.2 Å². The molecule has 0 heterocycles. The minimum absolute atomic E-state index is 0.0117. The minimum Gasteiger partial charge on any atom is -0.507 e. The Morgan fingerprint density at radius 3 is 1.42 bits per heavy atom. The molecule has 0 amide bonds. The monoisotopic (exact) mass is 697 g/mol. The molecule has 7 nitrogen and oxygen atoms in total. The van der Waals surface area contributed by atoms with Crippen LogP contribution in [-0.4, -0.2) is 21.1 Å². The minimum atomic E-state index is -0.803. The van der Waals surface area contributed by atoms with Crippen molar-refractivity contribution in [3.8, 4) is 17.2 Å². The van der Waals surface area contributed by atoms with Crippen LogP contribution in [0.25, 0.3) is 0 Å². The number of rotatable bonds is 11. The quantitative estimate of drug-likeness (QED) is 0.0916. The molecule has 3 rings (SSSR count). The van der Waals surface area contributed by atoms with E-state index < -0.39 is 5.09 Å². The van der Waals surface area contributed by atoms with Crippen molar-refractivity contribution in [2.45, 2.75) is 139 Å². The first-order valence-corrected chi connectivity index (χ1v) is 18.0. The zero-order valence-corrected chi connectivity index (χ0v) is 32.9. The van der Waals surface area contributed by atoms with Crippen molar-refractivity contribution in [1.82, 2.24) is 0 Å². The Bertz CT molecular complexity index is 1520. The fraction of sp³-hybridized carbons (Fsp3) is 0.538. The molecular formula is C39H55NO6S2. The van der Waals surface area contributed by atoms with Crippen LogP contribution in [0.1, 0.15) is 125 Å². The summed E-state index contributed by atoms with van der Waals surface area (Å²) in [4.78, 5) is 17.3. The highest BCUT2D eigenvalue weighted by atomic mass is 32.2. The third kappa shape index (κ3) is 10.7. The SMILES string of the molecule is CC(C)(Sc1cc(C(C)(C)C)c(O)c(C(C)(C)C)c1)Sc1cc(C(C)(C)C)c(OCOc2ccc(CO[N+](=O)[O-])cc2)c(C(C)(C)C)c1. The Morgan fingerprint density at radius 2 is 1.04 bits per heavy atom. The van der Waals surface area contributed by atoms with Gasteiger partial charge in [0, 0.05) is 32.0 Å². The maximum atomic E-state index is 11.3. The smallest absolute Gasteiger partial charge is 0.294 e. The molecule has 264 valence electrons. The molecule has 0 spiro atoms. The van der Waals surface area contributed by atoms with Gasteiger partial charge in [-0.3, -0.25) is 0 Å². The molecule has 1 N–H and O–H groups in total. The molecule has 3 aromatic carbocycles. The number of nitrogens with zero attached hydrogens (tertiary/aromatic N) is 1. The van der Waals surface area contributed by atoms with E-state index in [-0.39, 0.29) is 39.1 Å². The van der Waals surface area contributed by atoms with Crippen LogP contribution < -0.4 is 9.47 Å². The van der Waals surface area contributed by atoms with Gasteiger partial charge < -0.3 is 19.4 Å². The van der Waals surface area contributed by atoms with Crippen LogP contribution in [0.15, 0.2) is 58.3 Å². The van der Waals surface area contributed by atoms with E-state index in [1.807, 2.05) is 23.5 Å². The zero-order chi connectivity index (χ0) is 36.5. The van der Waals surface area contributed by atoms with Gasteiger partial charge in [0.2, 0.25) is 6.79 Å². The third-order valence-corrected chi connectivity index (χ3v) is 10.2. The van der Waals surface area contributed by atoms with Crippen LogP contribution in [0.4, 0.5) is 0 Å². The van der Waals surface area contributed by atoms with Gasteiger partial charge in [0.25, 0.3) is 5.09 Å². The predicted octanol–water partition coefficient (Wildman–Crippen LogP) is 11.3. The number of hydrogen-bond acceptors (Lipinski definition) is 8. The second kappa shape index (κ2) is 14.4. The molecule has 9 heteroatoms. The van der Waals surface area contributed by atoms with Crippen molar-refractivity contribution >= 4 is 23.5 Å². The van der Waals surface area contributed by atoms with E-state index in [1.165, 1.54) is 0 Å². The lowest BCUT2D eigenvalue weighted by atomic mass is 9.79. The number of ether oxygens (including phenoxy) is 2. The van der Waals surface area contributed by atoms with E-state index in [1.54, 1.807) is 24.3 Å². The normalized spacial score (nSPS) is 13.0. The molecule has 0 unspecified atom stereocenters. The summed E-state index contributed by atoms with van der Waals surface area (Å²) in [6.07, 6.45) is 0. The Kier molecular flexibility index (Phi) is 11.9. The standard InChI is InChI=1S/C39H55NO6S2/c1-35(2,3)29-19-27(20-30(33(29)41)36(4,5)6)47-39(13,14)48-28-21-31(37(7,8)9)34(32(22-28)38(10,11)12)45-24-44-26-17-15-25(16-18-26)23-46-40(42)43/h15-22,41H,23-24H2,1-14H3. The molecule has 0 radical (unpaired) electrons. The average Bonchev–Trinajstić information content (AvgIpc) is 2.91. The largest absolute Gasteiger partial charge is 0.507 e. The van der Waals surface area contributed by atoms with Crippen molar-refractivity contribution in [2.75, 3.05) is 6.79 Å². The van der Waals surface area contributed by atoms with Gasteiger partial charge in [-0.05, 0) is 77.5 Å². The summed E-state index contributed by atoms with van der Waals surface area (Å²) in [7, 11) is 0. The van der Waals surface area contributed by atoms with E-state index in [0.717, 1.165) is 37.8 Å². The molecule has 0 atom stereocenters. The molecule has 48 heavy (non-hydrogen) atoms. The summed E-state index contributed by atoms with van der Waals surface area (Å²) >= 11 is 3.65. The molecule has 0 aliphatic rings. The first-order chi connectivity index (χ1) is 21.8. The van der Waals surface area contributed by atoms with Gasteiger partial charge >= 0.3 is 0 Å². The van der Waals surface area contributed by atoms with Gasteiger partial charge in [-0.2, -0.15) is 0 Å². The van der Waals surface area contributed by atoms with Crippen LogP contribution >= 0.6 is 23.5 Å². The molecule has 0 fully saturated rings. The number of hydrogen-bond donors (Lipinski definition) is 1. The van der Waals surface area contributed by atoms with Crippen molar-refractivity contribution in [3.05, 3.63) is 86.5 Å². The van der Waals surface area contributed by atoms with Gasteiger partial charge in [0.1, 0.15) is 23.9 Å². The van der Waals surface area contributed by atoms with Crippen molar-refractivity contribution < 1.29 is 24.5 Å². The van der Waals surface area contributed by atoms with Crippen LogP contribution in [-0.2, 0) is 33.1 Å².